The summed E-state index contributed by atoms with van der Waals surface area (Å²) < 4.78 is 0. The fraction of sp³-hybridized carbons (Fsp3) is 0. The van der Waals surface area contributed by atoms with E-state index in [-0.39, 0.29) is 0 Å². The van der Waals surface area contributed by atoms with Crippen molar-refractivity contribution in [2.24, 2.45) is 0 Å². The Morgan fingerprint density at radius 3 is 2.62 bits per heavy atom. The van der Waals surface area contributed by atoms with Gasteiger partial charge in [0.1, 0.15) is 0 Å². The maximum atomic E-state index is 4.61. The molecule has 0 amide bonds. The second kappa shape index (κ2) is 5.07. The summed E-state index contributed by atoms with van der Waals surface area (Å²) in [5, 5.41) is 0. The van der Waals surface area contributed by atoms with Gasteiger partial charge in [0.25, 0.3) is 0 Å². The third kappa shape index (κ3) is 2.08. The minimum absolute atomic E-state index is 0.991. The van der Waals surface area contributed by atoms with Crippen LogP contribution in [0.5, 0.6) is 0 Å². The lowest BCUT2D eigenvalue weighted by molar-refractivity contribution is 1.12. The first-order valence-corrected chi connectivity index (χ1v) is 7.88. The molecule has 0 aromatic heterocycles. The van der Waals surface area contributed by atoms with Crippen LogP contribution in [0.3, 0.4) is 0 Å². The summed E-state index contributed by atoms with van der Waals surface area (Å²) in [6.07, 6.45) is 0. The van der Waals surface area contributed by atoms with Crippen molar-refractivity contribution in [2.45, 2.75) is 14.7 Å². The van der Waals surface area contributed by atoms with E-state index >= 15 is 0 Å². The molecule has 0 unspecified atom stereocenters. The predicted molar refractivity (Wildman–Crippen MR) is 90.2 cm³/mol. The van der Waals surface area contributed by atoms with Crippen molar-refractivity contribution < 1.29 is 0 Å². The summed E-state index contributed by atoms with van der Waals surface area (Å²) >= 11 is 6.38. The Balaban J connectivity index is 2.00. The SMILES string of the molecule is Sc1cccc2c1Sc1ccccc1N2c1c#cccc1. The lowest BCUT2D eigenvalue weighted by atomic mass is 10.2. The van der Waals surface area contributed by atoms with Gasteiger partial charge in [-0.3, -0.25) is 0 Å². The number of fused-ring (bicyclic) bond motifs is 2. The average Bonchev–Trinajstić information content (AvgIpc) is 2.54. The van der Waals surface area contributed by atoms with Crippen molar-refractivity contribution >= 4 is 41.5 Å². The fourth-order valence-corrected chi connectivity index (χ4v) is 3.90. The van der Waals surface area contributed by atoms with Crippen molar-refractivity contribution in [3.8, 4) is 0 Å². The molecular weight excluding hydrogens is 294 g/mol. The van der Waals surface area contributed by atoms with Crippen molar-refractivity contribution in [1.29, 1.82) is 0 Å². The smallest absolute Gasteiger partial charge is 0.0974 e. The summed E-state index contributed by atoms with van der Waals surface area (Å²) in [5.41, 5.74) is 3.30. The van der Waals surface area contributed by atoms with Gasteiger partial charge in [-0.05, 0) is 42.5 Å². The number of benzene rings is 2. The second-order valence-electron chi connectivity index (χ2n) is 4.71. The Bertz CT molecular complexity index is 799. The lowest BCUT2D eigenvalue weighted by Crippen LogP contribution is -2.14. The highest BCUT2D eigenvalue weighted by molar-refractivity contribution is 8.00. The number of rotatable bonds is 1. The van der Waals surface area contributed by atoms with Gasteiger partial charge in [-0.2, -0.15) is 0 Å². The van der Waals surface area contributed by atoms with Gasteiger partial charge in [-0.1, -0.05) is 42.1 Å². The molecule has 1 nitrogen and oxygen atoms in total. The Hall–Kier alpha value is -2.02. The molecule has 0 N–H and O–H groups in total. The molecule has 0 fully saturated rings. The number of nitrogens with zero attached hydrogens (tertiary/aromatic N) is 1. The molecule has 0 radical (unpaired) electrons. The van der Waals surface area contributed by atoms with Gasteiger partial charge < -0.3 is 4.90 Å². The largest absolute Gasteiger partial charge is 0.301 e. The summed E-state index contributed by atoms with van der Waals surface area (Å²) in [7, 11) is 0. The van der Waals surface area contributed by atoms with Crippen LogP contribution in [0.15, 0.2) is 75.4 Å². The third-order valence-corrected chi connectivity index (χ3v) is 5.13. The third-order valence-electron chi connectivity index (χ3n) is 3.41. The number of para-hydroxylation sites is 1. The zero-order chi connectivity index (χ0) is 14.2. The molecule has 4 rings (SSSR count). The second-order valence-corrected chi connectivity index (χ2v) is 6.24. The molecule has 1 aliphatic heterocycles. The van der Waals surface area contributed by atoms with Crippen LogP contribution < -0.4 is 4.90 Å². The van der Waals surface area contributed by atoms with Crippen LogP contribution in [0.2, 0.25) is 0 Å². The molecule has 0 saturated heterocycles. The maximum Gasteiger partial charge on any atom is 0.0974 e. The highest BCUT2D eigenvalue weighted by Gasteiger charge is 2.25. The van der Waals surface area contributed by atoms with E-state index in [9.17, 15) is 0 Å². The molecule has 1 aliphatic rings. The summed E-state index contributed by atoms with van der Waals surface area (Å²) in [6.45, 7) is 0. The molecule has 21 heavy (non-hydrogen) atoms. The van der Waals surface area contributed by atoms with Gasteiger partial charge in [-0.25, -0.2) is 0 Å². The number of anilines is 3. The highest BCUT2D eigenvalue weighted by Crippen LogP contribution is 2.52. The average molecular weight is 305 g/mol. The molecular formula is C18H11NS2. The highest BCUT2D eigenvalue weighted by atomic mass is 32.2. The van der Waals surface area contributed by atoms with Gasteiger partial charge in [0, 0.05) is 14.7 Å². The van der Waals surface area contributed by atoms with Crippen LogP contribution in [-0.4, -0.2) is 0 Å². The molecule has 1 heterocycles. The van der Waals surface area contributed by atoms with Gasteiger partial charge >= 0.3 is 0 Å². The Morgan fingerprint density at radius 2 is 1.76 bits per heavy atom. The van der Waals surface area contributed by atoms with E-state index < -0.39 is 0 Å². The first-order chi connectivity index (χ1) is 10.3. The van der Waals surface area contributed by atoms with E-state index in [0.29, 0.717) is 0 Å². The molecule has 0 aliphatic carbocycles. The lowest BCUT2D eigenvalue weighted by Gasteiger charge is -2.32. The first-order valence-electron chi connectivity index (χ1n) is 6.62. The molecule has 0 spiro atoms. The van der Waals surface area contributed by atoms with Crippen molar-refractivity contribution in [1.82, 2.24) is 0 Å². The van der Waals surface area contributed by atoms with Crippen LogP contribution in [0.4, 0.5) is 17.1 Å². The Labute approximate surface area is 134 Å². The van der Waals surface area contributed by atoms with Gasteiger partial charge in [-0.15, -0.1) is 12.6 Å². The summed E-state index contributed by atoms with van der Waals surface area (Å²) in [6, 6.07) is 26.8. The van der Waals surface area contributed by atoms with Crippen molar-refractivity contribution in [2.75, 3.05) is 4.90 Å². The number of hydrogen-bond donors (Lipinski definition) is 1. The van der Waals surface area contributed by atoms with Crippen LogP contribution in [0.1, 0.15) is 0 Å². The van der Waals surface area contributed by atoms with Crippen LogP contribution in [-0.2, 0) is 0 Å². The van der Waals surface area contributed by atoms with Gasteiger partial charge in [0.15, 0.2) is 0 Å². The van der Waals surface area contributed by atoms with Crippen LogP contribution in [0.25, 0.3) is 0 Å². The molecule has 3 aromatic rings. The minimum atomic E-state index is 0.991. The quantitative estimate of drug-likeness (QED) is 0.462. The number of hydrogen-bond acceptors (Lipinski definition) is 3. The van der Waals surface area contributed by atoms with E-state index in [4.69, 9.17) is 0 Å². The van der Waals surface area contributed by atoms with E-state index in [1.807, 2.05) is 24.3 Å². The maximum absolute atomic E-state index is 4.61. The van der Waals surface area contributed by atoms with Crippen LogP contribution >= 0.6 is 24.4 Å². The van der Waals surface area contributed by atoms with E-state index in [0.717, 1.165) is 16.3 Å². The molecule has 0 bridgehead atoms. The predicted octanol–water partition coefficient (Wildman–Crippen LogP) is 5.51. The molecule has 0 saturated carbocycles. The standard InChI is InChI=1S/C18H11NS2/c20-16-11-6-10-15-18(16)21-17-12-5-4-9-14(17)19(15)13-7-2-1-3-8-13/h1-2,4-7,9-12,20H. The zero-order valence-electron chi connectivity index (χ0n) is 11.1. The fourth-order valence-electron chi connectivity index (χ4n) is 2.50. The Morgan fingerprint density at radius 1 is 0.905 bits per heavy atom. The van der Waals surface area contributed by atoms with Crippen LogP contribution in [0, 0.1) is 12.1 Å². The van der Waals surface area contributed by atoms with Crippen molar-refractivity contribution in [3.05, 3.63) is 72.8 Å². The topological polar surface area (TPSA) is 3.24 Å². The Kier molecular flexibility index (Phi) is 3.07. The number of thiol groups is 1. The van der Waals surface area contributed by atoms with E-state index in [1.165, 1.54) is 15.5 Å². The minimum Gasteiger partial charge on any atom is -0.301 e. The summed E-state index contributed by atoms with van der Waals surface area (Å²) in [4.78, 5) is 5.62. The first kappa shape index (κ1) is 12.7. The van der Waals surface area contributed by atoms with Crippen molar-refractivity contribution in [3.63, 3.8) is 0 Å². The van der Waals surface area contributed by atoms with Gasteiger partial charge in [0.2, 0.25) is 0 Å². The van der Waals surface area contributed by atoms with E-state index in [2.05, 4.69) is 66.1 Å². The van der Waals surface area contributed by atoms with Gasteiger partial charge in [0.05, 0.1) is 17.1 Å². The zero-order valence-corrected chi connectivity index (χ0v) is 12.8. The molecule has 100 valence electrons. The normalized spacial score (nSPS) is 12.3. The molecule has 3 aromatic carbocycles. The summed E-state index contributed by atoms with van der Waals surface area (Å²) in [5.74, 6) is 0. The molecule has 3 heteroatoms. The monoisotopic (exact) mass is 305 g/mol. The molecule has 0 atom stereocenters. The van der Waals surface area contributed by atoms with E-state index in [1.54, 1.807) is 11.8 Å².